The predicted molar refractivity (Wildman–Crippen MR) is 67.9 cm³/mol. The number of rotatable bonds is 3. The smallest absolute Gasteiger partial charge is 0.237 e. The van der Waals surface area contributed by atoms with Gasteiger partial charge in [0.2, 0.25) is 5.91 Å². The van der Waals surface area contributed by atoms with Crippen molar-refractivity contribution in [1.29, 1.82) is 0 Å². The SMILES string of the molecule is CN1CCN(C)C(CNC(=O)[C@H]2CCCN2)C1. The number of carbonyl (C=O) groups is 1. The lowest BCUT2D eigenvalue weighted by Gasteiger charge is -2.37. The second-order valence-electron chi connectivity index (χ2n) is 5.29. The third-order valence-corrected chi connectivity index (χ3v) is 3.87. The van der Waals surface area contributed by atoms with Crippen LogP contribution in [0.5, 0.6) is 0 Å². The van der Waals surface area contributed by atoms with Crippen LogP contribution in [0.25, 0.3) is 0 Å². The van der Waals surface area contributed by atoms with Crippen LogP contribution in [0.3, 0.4) is 0 Å². The molecule has 1 unspecified atom stereocenters. The van der Waals surface area contributed by atoms with Gasteiger partial charge in [-0.3, -0.25) is 9.69 Å². The molecule has 2 atom stereocenters. The molecule has 0 aliphatic carbocycles. The van der Waals surface area contributed by atoms with Crippen LogP contribution < -0.4 is 10.6 Å². The second kappa shape index (κ2) is 5.80. The Morgan fingerprint density at radius 1 is 1.41 bits per heavy atom. The molecule has 0 saturated carbocycles. The Hall–Kier alpha value is -0.650. The monoisotopic (exact) mass is 240 g/mol. The molecular weight excluding hydrogens is 216 g/mol. The van der Waals surface area contributed by atoms with Gasteiger partial charge in [0.1, 0.15) is 0 Å². The Kier molecular flexibility index (Phi) is 4.36. The van der Waals surface area contributed by atoms with Crippen molar-refractivity contribution in [2.45, 2.75) is 24.9 Å². The first-order chi connectivity index (χ1) is 8.16. The summed E-state index contributed by atoms with van der Waals surface area (Å²) in [5, 5.41) is 6.30. The van der Waals surface area contributed by atoms with Gasteiger partial charge in [0, 0.05) is 32.2 Å². The highest BCUT2D eigenvalue weighted by atomic mass is 16.2. The molecule has 0 radical (unpaired) electrons. The minimum atomic E-state index is 0.0432. The molecule has 2 fully saturated rings. The molecule has 17 heavy (non-hydrogen) atoms. The maximum atomic E-state index is 11.9. The second-order valence-corrected chi connectivity index (χ2v) is 5.29. The molecule has 2 heterocycles. The molecule has 98 valence electrons. The van der Waals surface area contributed by atoms with E-state index in [9.17, 15) is 4.79 Å². The minimum absolute atomic E-state index is 0.0432. The minimum Gasteiger partial charge on any atom is -0.353 e. The maximum Gasteiger partial charge on any atom is 0.237 e. The van der Waals surface area contributed by atoms with Gasteiger partial charge < -0.3 is 15.5 Å². The number of hydrogen-bond acceptors (Lipinski definition) is 4. The van der Waals surface area contributed by atoms with Gasteiger partial charge in [0.05, 0.1) is 6.04 Å². The molecule has 2 N–H and O–H groups in total. The summed E-state index contributed by atoms with van der Waals surface area (Å²) in [7, 11) is 4.28. The van der Waals surface area contributed by atoms with E-state index in [0.29, 0.717) is 6.04 Å². The van der Waals surface area contributed by atoms with Crippen LogP contribution >= 0.6 is 0 Å². The number of likely N-dealkylation sites (N-methyl/N-ethyl adjacent to an activating group) is 2. The van der Waals surface area contributed by atoms with Crippen molar-refractivity contribution >= 4 is 5.91 Å². The van der Waals surface area contributed by atoms with Gasteiger partial charge in [-0.05, 0) is 33.5 Å². The van der Waals surface area contributed by atoms with Gasteiger partial charge in [0.15, 0.2) is 0 Å². The Morgan fingerprint density at radius 2 is 2.24 bits per heavy atom. The van der Waals surface area contributed by atoms with Crippen molar-refractivity contribution in [2.24, 2.45) is 0 Å². The number of hydrogen-bond donors (Lipinski definition) is 2. The number of amides is 1. The summed E-state index contributed by atoms with van der Waals surface area (Å²) < 4.78 is 0. The zero-order chi connectivity index (χ0) is 12.3. The van der Waals surface area contributed by atoms with Gasteiger partial charge in [-0.25, -0.2) is 0 Å². The van der Waals surface area contributed by atoms with Gasteiger partial charge in [-0.2, -0.15) is 0 Å². The Bertz CT molecular complexity index is 265. The lowest BCUT2D eigenvalue weighted by molar-refractivity contribution is -0.123. The summed E-state index contributed by atoms with van der Waals surface area (Å²) in [5.74, 6) is 0.170. The summed E-state index contributed by atoms with van der Waals surface area (Å²) in [6.07, 6.45) is 2.09. The highest BCUT2D eigenvalue weighted by Crippen LogP contribution is 2.07. The van der Waals surface area contributed by atoms with Gasteiger partial charge in [-0.15, -0.1) is 0 Å². The van der Waals surface area contributed by atoms with Gasteiger partial charge >= 0.3 is 0 Å². The molecule has 2 saturated heterocycles. The number of piperazine rings is 1. The molecule has 0 spiro atoms. The van der Waals surface area contributed by atoms with Crippen molar-refractivity contribution in [3.63, 3.8) is 0 Å². The lowest BCUT2D eigenvalue weighted by atomic mass is 10.1. The van der Waals surface area contributed by atoms with Crippen molar-refractivity contribution in [2.75, 3.05) is 46.8 Å². The molecule has 2 rings (SSSR count). The molecule has 2 aliphatic heterocycles. The first-order valence-corrected chi connectivity index (χ1v) is 6.56. The third-order valence-electron chi connectivity index (χ3n) is 3.87. The largest absolute Gasteiger partial charge is 0.353 e. The Balaban J connectivity index is 1.74. The summed E-state index contributed by atoms with van der Waals surface area (Å²) in [5.41, 5.74) is 0. The molecule has 0 aromatic heterocycles. The van der Waals surface area contributed by atoms with Crippen LogP contribution in [0.15, 0.2) is 0 Å². The van der Waals surface area contributed by atoms with Crippen molar-refractivity contribution < 1.29 is 4.79 Å². The van der Waals surface area contributed by atoms with Crippen LogP contribution in [-0.4, -0.2) is 74.6 Å². The van der Waals surface area contributed by atoms with E-state index in [4.69, 9.17) is 0 Å². The zero-order valence-electron chi connectivity index (χ0n) is 10.9. The standard InChI is InChI=1S/C12H24N4O/c1-15-6-7-16(2)10(9-15)8-14-12(17)11-4-3-5-13-11/h10-11,13H,3-9H2,1-2H3,(H,14,17)/t10?,11-/m1/s1. The molecule has 2 aliphatic rings. The van der Waals surface area contributed by atoms with E-state index >= 15 is 0 Å². The third kappa shape index (κ3) is 3.40. The van der Waals surface area contributed by atoms with Crippen LogP contribution in [0, 0.1) is 0 Å². The fourth-order valence-electron chi connectivity index (χ4n) is 2.57. The normalized spacial score (nSPS) is 31.6. The fourth-order valence-corrected chi connectivity index (χ4v) is 2.57. The van der Waals surface area contributed by atoms with E-state index in [0.717, 1.165) is 45.6 Å². The van der Waals surface area contributed by atoms with Crippen LogP contribution in [-0.2, 0) is 4.79 Å². The van der Waals surface area contributed by atoms with Crippen molar-refractivity contribution in [3.8, 4) is 0 Å². The molecule has 0 aromatic carbocycles. The first kappa shape index (κ1) is 12.8. The molecule has 1 amide bonds. The zero-order valence-corrected chi connectivity index (χ0v) is 10.9. The van der Waals surface area contributed by atoms with Crippen molar-refractivity contribution in [1.82, 2.24) is 20.4 Å². The van der Waals surface area contributed by atoms with E-state index in [2.05, 4.69) is 34.5 Å². The van der Waals surface area contributed by atoms with Crippen molar-refractivity contribution in [3.05, 3.63) is 0 Å². The number of nitrogens with one attached hydrogen (secondary N) is 2. The summed E-state index contributed by atoms with van der Waals surface area (Å²) >= 11 is 0. The van der Waals surface area contributed by atoms with E-state index in [1.54, 1.807) is 0 Å². The number of nitrogens with zero attached hydrogens (tertiary/aromatic N) is 2. The molecule has 5 heteroatoms. The molecule has 5 nitrogen and oxygen atoms in total. The average molecular weight is 240 g/mol. The van der Waals surface area contributed by atoms with E-state index in [-0.39, 0.29) is 11.9 Å². The van der Waals surface area contributed by atoms with E-state index in [1.807, 2.05) is 0 Å². The van der Waals surface area contributed by atoms with E-state index in [1.165, 1.54) is 0 Å². The quantitative estimate of drug-likeness (QED) is 0.671. The summed E-state index contributed by atoms with van der Waals surface area (Å²) in [4.78, 5) is 16.5. The van der Waals surface area contributed by atoms with Crippen LogP contribution in [0.1, 0.15) is 12.8 Å². The fraction of sp³-hybridized carbons (Fsp3) is 0.917. The summed E-state index contributed by atoms with van der Waals surface area (Å²) in [6, 6.07) is 0.487. The topological polar surface area (TPSA) is 47.6 Å². The molecule has 0 bridgehead atoms. The maximum absolute atomic E-state index is 11.9. The predicted octanol–water partition coefficient (Wildman–Crippen LogP) is -0.900. The Labute approximate surface area is 104 Å². The average Bonchev–Trinajstić information content (AvgIpc) is 2.83. The Morgan fingerprint density at radius 3 is 2.94 bits per heavy atom. The van der Waals surface area contributed by atoms with Gasteiger partial charge in [-0.1, -0.05) is 0 Å². The van der Waals surface area contributed by atoms with Crippen LogP contribution in [0.4, 0.5) is 0 Å². The first-order valence-electron chi connectivity index (χ1n) is 6.56. The highest BCUT2D eigenvalue weighted by molar-refractivity contribution is 5.82. The van der Waals surface area contributed by atoms with E-state index < -0.39 is 0 Å². The highest BCUT2D eigenvalue weighted by Gasteiger charge is 2.25. The van der Waals surface area contributed by atoms with Gasteiger partial charge in [0.25, 0.3) is 0 Å². The molecule has 0 aromatic rings. The lowest BCUT2D eigenvalue weighted by Crippen LogP contribution is -2.55. The molecular formula is C12H24N4O. The summed E-state index contributed by atoms with van der Waals surface area (Å²) in [6.45, 7) is 4.97. The van der Waals surface area contributed by atoms with Crippen LogP contribution in [0.2, 0.25) is 0 Å². The number of carbonyl (C=O) groups excluding carboxylic acids is 1.